The van der Waals surface area contributed by atoms with Crippen LogP contribution in [0, 0.1) is 19.7 Å². The molecule has 1 unspecified atom stereocenters. The molecule has 0 radical (unpaired) electrons. The molecule has 0 saturated heterocycles. The van der Waals surface area contributed by atoms with Crippen LogP contribution in [-0.4, -0.2) is 20.7 Å². The number of anilines is 1. The van der Waals surface area contributed by atoms with Crippen LogP contribution < -0.4 is 5.32 Å². The Morgan fingerprint density at radius 2 is 1.77 bits per heavy atom. The maximum Gasteiger partial charge on any atom is 0.242 e. The predicted molar refractivity (Wildman–Crippen MR) is 121 cm³/mol. The van der Waals surface area contributed by atoms with Crippen molar-refractivity contribution in [1.29, 1.82) is 0 Å². The van der Waals surface area contributed by atoms with Gasteiger partial charge in [-0.15, -0.1) is 10.2 Å². The van der Waals surface area contributed by atoms with Crippen LogP contribution in [0.1, 0.15) is 21.9 Å². The summed E-state index contributed by atoms with van der Waals surface area (Å²) in [5.41, 5.74) is 4.59. The van der Waals surface area contributed by atoms with E-state index >= 15 is 0 Å². The summed E-state index contributed by atoms with van der Waals surface area (Å²) in [5.74, 6) is -0.577. The van der Waals surface area contributed by atoms with Gasteiger partial charge in [0.1, 0.15) is 17.4 Å². The molecule has 4 rings (SSSR count). The second kappa shape index (κ2) is 9.14. The van der Waals surface area contributed by atoms with E-state index in [0.717, 1.165) is 16.8 Å². The molecule has 0 spiro atoms. The third-order valence-corrected chi connectivity index (χ3v) is 6.01. The average Bonchev–Trinajstić information content (AvgIpc) is 3.22. The Hall–Kier alpha value is -3.45. The molecule has 1 aromatic heterocycles. The lowest BCUT2D eigenvalue weighted by Crippen LogP contribution is -2.19. The standard InChI is InChI=1S/C24H21FN4OS/c1-16-8-13-21(17(2)14-16)29-15-26-28-24(29)31-22(18-6-4-3-5-7-18)23(30)27-20-11-9-19(25)10-12-20/h3-15,22H,1-2H3,(H,27,30). The summed E-state index contributed by atoms with van der Waals surface area (Å²) in [7, 11) is 0. The monoisotopic (exact) mass is 432 g/mol. The van der Waals surface area contributed by atoms with Gasteiger partial charge < -0.3 is 5.32 Å². The Kier molecular flexibility index (Phi) is 6.13. The van der Waals surface area contributed by atoms with E-state index < -0.39 is 5.25 Å². The number of nitrogens with zero attached hydrogens (tertiary/aromatic N) is 3. The first-order valence-electron chi connectivity index (χ1n) is 9.77. The quantitative estimate of drug-likeness (QED) is 0.409. The molecule has 0 bridgehead atoms. The molecular formula is C24H21FN4OS. The number of carbonyl (C=O) groups is 1. The molecule has 0 aliphatic heterocycles. The highest BCUT2D eigenvalue weighted by Crippen LogP contribution is 2.36. The maximum absolute atomic E-state index is 13.2. The highest BCUT2D eigenvalue weighted by Gasteiger charge is 2.25. The number of halogens is 1. The lowest BCUT2D eigenvalue weighted by atomic mass is 10.1. The summed E-state index contributed by atoms with van der Waals surface area (Å²) in [6.45, 7) is 4.08. The number of thioether (sulfide) groups is 1. The van der Waals surface area contributed by atoms with Crippen LogP contribution in [0.5, 0.6) is 0 Å². The topological polar surface area (TPSA) is 59.8 Å². The Bertz CT molecular complexity index is 1190. The van der Waals surface area contributed by atoms with Gasteiger partial charge in [0, 0.05) is 5.69 Å². The summed E-state index contributed by atoms with van der Waals surface area (Å²) in [6, 6.07) is 21.4. The maximum atomic E-state index is 13.2. The van der Waals surface area contributed by atoms with Gasteiger partial charge >= 0.3 is 0 Å². The summed E-state index contributed by atoms with van der Waals surface area (Å²) in [5, 5.41) is 11.3. The molecule has 0 aliphatic rings. The first-order valence-corrected chi connectivity index (χ1v) is 10.6. The van der Waals surface area contributed by atoms with Crippen LogP contribution in [0.4, 0.5) is 10.1 Å². The molecule has 1 N–H and O–H groups in total. The normalized spacial score (nSPS) is 11.8. The molecular weight excluding hydrogens is 411 g/mol. The minimum absolute atomic E-state index is 0.224. The van der Waals surface area contributed by atoms with Crippen molar-refractivity contribution < 1.29 is 9.18 Å². The molecule has 0 fully saturated rings. The number of aromatic nitrogens is 3. The van der Waals surface area contributed by atoms with E-state index in [4.69, 9.17) is 0 Å². The Morgan fingerprint density at radius 3 is 2.48 bits per heavy atom. The molecule has 5 nitrogen and oxygen atoms in total. The number of benzene rings is 3. The van der Waals surface area contributed by atoms with Gasteiger partial charge in [-0.2, -0.15) is 0 Å². The lowest BCUT2D eigenvalue weighted by molar-refractivity contribution is -0.115. The zero-order valence-electron chi connectivity index (χ0n) is 17.1. The minimum atomic E-state index is -0.569. The van der Waals surface area contributed by atoms with Crippen molar-refractivity contribution in [2.24, 2.45) is 0 Å². The van der Waals surface area contributed by atoms with Crippen molar-refractivity contribution in [3.05, 3.63) is 102 Å². The zero-order chi connectivity index (χ0) is 21.8. The SMILES string of the molecule is Cc1ccc(-n2cnnc2SC(C(=O)Nc2ccc(F)cc2)c2ccccc2)c(C)c1. The molecule has 0 saturated carbocycles. The van der Waals surface area contributed by atoms with Crippen molar-refractivity contribution in [3.63, 3.8) is 0 Å². The van der Waals surface area contributed by atoms with E-state index in [1.54, 1.807) is 6.33 Å². The third kappa shape index (κ3) is 4.83. The van der Waals surface area contributed by atoms with Gasteiger partial charge in [0.25, 0.3) is 0 Å². The summed E-state index contributed by atoms with van der Waals surface area (Å²) in [6.07, 6.45) is 1.65. The molecule has 0 aliphatic carbocycles. The second-order valence-corrected chi connectivity index (χ2v) is 8.25. The number of hydrogen-bond acceptors (Lipinski definition) is 4. The molecule has 1 amide bonds. The van der Waals surface area contributed by atoms with E-state index in [-0.39, 0.29) is 11.7 Å². The van der Waals surface area contributed by atoms with E-state index in [9.17, 15) is 9.18 Å². The molecule has 31 heavy (non-hydrogen) atoms. The fourth-order valence-electron chi connectivity index (χ4n) is 3.29. The van der Waals surface area contributed by atoms with Crippen LogP contribution in [0.2, 0.25) is 0 Å². The molecule has 3 aromatic carbocycles. The Balaban J connectivity index is 1.66. The highest BCUT2D eigenvalue weighted by atomic mass is 32.2. The molecule has 1 atom stereocenters. The van der Waals surface area contributed by atoms with Gasteiger partial charge in [0.2, 0.25) is 5.91 Å². The van der Waals surface area contributed by atoms with Crippen molar-refractivity contribution in [3.8, 4) is 5.69 Å². The van der Waals surface area contributed by atoms with Crippen molar-refractivity contribution in [2.75, 3.05) is 5.32 Å². The smallest absolute Gasteiger partial charge is 0.242 e. The number of carbonyl (C=O) groups excluding carboxylic acids is 1. The second-order valence-electron chi connectivity index (χ2n) is 7.18. The van der Waals surface area contributed by atoms with Gasteiger partial charge in [-0.05, 0) is 55.3 Å². The van der Waals surface area contributed by atoms with Gasteiger partial charge in [-0.1, -0.05) is 59.8 Å². The number of aryl methyl sites for hydroxylation is 2. The van der Waals surface area contributed by atoms with Crippen molar-refractivity contribution >= 4 is 23.4 Å². The van der Waals surface area contributed by atoms with E-state index in [1.165, 1.54) is 41.6 Å². The van der Waals surface area contributed by atoms with E-state index in [0.29, 0.717) is 10.8 Å². The first-order chi connectivity index (χ1) is 15.0. The largest absolute Gasteiger partial charge is 0.325 e. The van der Waals surface area contributed by atoms with Crippen LogP contribution in [-0.2, 0) is 4.79 Å². The van der Waals surface area contributed by atoms with Gasteiger partial charge in [0.05, 0.1) is 5.69 Å². The molecule has 156 valence electrons. The third-order valence-electron chi connectivity index (χ3n) is 4.80. The summed E-state index contributed by atoms with van der Waals surface area (Å²) < 4.78 is 15.1. The minimum Gasteiger partial charge on any atom is -0.325 e. The number of nitrogens with one attached hydrogen (secondary N) is 1. The van der Waals surface area contributed by atoms with E-state index in [1.807, 2.05) is 60.9 Å². The highest BCUT2D eigenvalue weighted by molar-refractivity contribution is 8.00. The van der Waals surface area contributed by atoms with Gasteiger partial charge in [-0.25, -0.2) is 4.39 Å². The Labute approximate surface area is 184 Å². The van der Waals surface area contributed by atoms with E-state index in [2.05, 4.69) is 21.6 Å². The predicted octanol–water partition coefficient (Wildman–Crippen LogP) is 5.50. The number of amides is 1. The van der Waals surface area contributed by atoms with Gasteiger partial charge in [-0.3, -0.25) is 9.36 Å². The summed E-state index contributed by atoms with van der Waals surface area (Å²) >= 11 is 1.32. The lowest BCUT2D eigenvalue weighted by Gasteiger charge is -2.17. The van der Waals surface area contributed by atoms with Gasteiger partial charge in [0.15, 0.2) is 5.16 Å². The van der Waals surface area contributed by atoms with Crippen molar-refractivity contribution in [1.82, 2.24) is 14.8 Å². The molecule has 7 heteroatoms. The molecule has 1 heterocycles. The van der Waals surface area contributed by atoms with Crippen LogP contribution in [0.3, 0.4) is 0 Å². The molecule has 4 aromatic rings. The summed E-state index contributed by atoms with van der Waals surface area (Å²) in [4.78, 5) is 13.2. The van der Waals surface area contributed by atoms with Crippen LogP contribution in [0.25, 0.3) is 5.69 Å². The van der Waals surface area contributed by atoms with Crippen molar-refractivity contribution in [2.45, 2.75) is 24.3 Å². The average molecular weight is 433 g/mol. The fourth-order valence-corrected chi connectivity index (χ4v) is 4.32. The van der Waals surface area contributed by atoms with Crippen LogP contribution >= 0.6 is 11.8 Å². The zero-order valence-corrected chi connectivity index (χ0v) is 17.9. The number of hydrogen-bond donors (Lipinski definition) is 1. The first kappa shape index (κ1) is 20.8. The van der Waals surface area contributed by atoms with Crippen LogP contribution in [0.15, 0.2) is 84.3 Å². The fraction of sp³-hybridized carbons (Fsp3) is 0.125. The Morgan fingerprint density at radius 1 is 1.03 bits per heavy atom. The number of rotatable bonds is 6.